The number of hydrogen-bond donors (Lipinski definition) is 0. The molecule has 0 bridgehead atoms. The van der Waals surface area contributed by atoms with Gasteiger partial charge in [-0.2, -0.15) is 0 Å². The van der Waals surface area contributed by atoms with E-state index in [0.29, 0.717) is 35.7 Å². The predicted octanol–water partition coefficient (Wildman–Crippen LogP) is 3.93. The van der Waals surface area contributed by atoms with E-state index in [-0.39, 0.29) is 11.8 Å². The number of hydrogen-bond acceptors (Lipinski definition) is 1. The second kappa shape index (κ2) is 6.05. The quantitative estimate of drug-likeness (QED) is 0.838. The number of likely N-dealkylation sites (tertiary alicyclic amines) is 1. The van der Waals surface area contributed by atoms with Crippen LogP contribution in [-0.4, -0.2) is 23.9 Å². The first-order valence-corrected chi connectivity index (χ1v) is 7.39. The summed E-state index contributed by atoms with van der Waals surface area (Å²) in [5.41, 5.74) is 1.04. The molecule has 0 saturated carbocycles. The molecule has 1 fully saturated rings. The molecule has 0 aromatic heterocycles. The molecule has 0 atom stereocenters. The summed E-state index contributed by atoms with van der Waals surface area (Å²) in [4.78, 5) is 13.9. The molecule has 1 saturated heterocycles. The van der Waals surface area contributed by atoms with E-state index in [4.69, 9.17) is 11.6 Å². The Hall–Kier alpha value is -1.94. The van der Waals surface area contributed by atoms with Gasteiger partial charge in [-0.15, -0.1) is 0 Å². The molecule has 22 heavy (non-hydrogen) atoms. The van der Waals surface area contributed by atoms with Crippen molar-refractivity contribution in [1.29, 1.82) is 0 Å². The van der Waals surface area contributed by atoms with Crippen LogP contribution < -0.4 is 0 Å². The van der Waals surface area contributed by atoms with Gasteiger partial charge in [0, 0.05) is 29.7 Å². The zero-order valence-electron chi connectivity index (χ0n) is 11.7. The van der Waals surface area contributed by atoms with Crippen LogP contribution in [0.1, 0.15) is 15.9 Å². The Kier molecular flexibility index (Phi) is 4.12. The van der Waals surface area contributed by atoms with Gasteiger partial charge in [0.25, 0.3) is 5.91 Å². The van der Waals surface area contributed by atoms with Gasteiger partial charge in [0.05, 0.1) is 0 Å². The minimum absolute atomic E-state index is 0.0710. The minimum atomic E-state index is -0.576. The summed E-state index contributed by atoms with van der Waals surface area (Å²) in [6, 6.07) is 10.4. The van der Waals surface area contributed by atoms with Crippen molar-refractivity contribution in [2.75, 3.05) is 13.1 Å². The molecule has 0 spiro atoms. The molecule has 1 heterocycles. The predicted molar refractivity (Wildman–Crippen MR) is 80.9 cm³/mol. The van der Waals surface area contributed by atoms with E-state index in [1.165, 1.54) is 12.1 Å². The number of nitrogens with zero attached hydrogens (tertiary/aromatic N) is 1. The van der Waals surface area contributed by atoms with Crippen LogP contribution in [-0.2, 0) is 6.42 Å². The molecule has 2 nitrogen and oxygen atoms in total. The van der Waals surface area contributed by atoms with E-state index in [9.17, 15) is 13.6 Å². The van der Waals surface area contributed by atoms with Gasteiger partial charge in [0.1, 0.15) is 11.6 Å². The standard InChI is InChI=1S/C17H14ClF2NO/c18-14-3-1-2-13(7-14)17(22)21-9-11(10-21)6-12-4-5-15(19)8-16(12)20/h1-5,7-8,11H,6,9-10H2. The fraction of sp³-hybridized carbons (Fsp3) is 0.235. The highest BCUT2D eigenvalue weighted by Gasteiger charge is 2.31. The highest BCUT2D eigenvalue weighted by atomic mass is 35.5. The Morgan fingerprint density at radius 2 is 1.95 bits per heavy atom. The first-order chi connectivity index (χ1) is 10.5. The van der Waals surface area contributed by atoms with Crippen LogP contribution in [0.15, 0.2) is 42.5 Å². The number of rotatable bonds is 3. The van der Waals surface area contributed by atoms with Crippen LogP contribution in [0.2, 0.25) is 5.02 Å². The number of halogens is 3. The Labute approximate surface area is 132 Å². The Balaban J connectivity index is 1.59. The van der Waals surface area contributed by atoms with Crippen LogP contribution in [0, 0.1) is 17.6 Å². The van der Waals surface area contributed by atoms with Crippen molar-refractivity contribution >= 4 is 17.5 Å². The maximum absolute atomic E-state index is 13.6. The Morgan fingerprint density at radius 1 is 1.18 bits per heavy atom. The fourth-order valence-corrected chi connectivity index (χ4v) is 2.86. The Morgan fingerprint density at radius 3 is 2.64 bits per heavy atom. The maximum atomic E-state index is 13.6. The van der Waals surface area contributed by atoms with E-state index < -0.39 is 11.6 Å². The monoisotopic (exact) mass is 321 g/mol. The molecule has 114 valence electrons. The van der Waals surface area contributed by atoms with Crippen molar-refractivity contribution in [1.82, 2.24) is 4.90 Å². The van der Waals surface area contributed by atoms with Crippen LogP contribution in [0.5, 0.6) is 0 Å². The lowest BCUT2D eigenvalue weighted by Crippen LogP contribution is -2.50. The van der Waals surface area contributed by atoms with E-state index in [0.717, 1.165) is 6.07 Å². The molecule has 5 heteroatoms. The fourth-order valence-electron chi connectivity index (χ4n) is 2.67. The number of benzene rings is 2. The molecule has 2 aromatic carbocycles. The van der Waals surface area contributed by atoms with Crippen molar-refractivity contribution in [3.8, 4) is 0 Å². The third kappa shape index (κ3) is 3.12. The highest BCUT2D eigenvalue weighted by molar-refractivity contribution is 6.30. The molecule has 1 aliphatic heterocycles. The molecule has 0 radical (unpaired) electrons. The van der Waals surface area contributed by atoms with Crippen molar-refractivity contribution in [3.05, 3.63) is 70.2 Å². The molecular formula is C17H14ClF2NO. The van der Waals surface area contributed by atoms with Crippen LogP contribution in [0.25, 0.3) is 0 Å². The van der Waals surface area contributed by atoms with Crippen LogP contribution in [0.3, 0.4) is 0 Å². The molecule has 0 aliphatic carbocycles. The third-order valence-electron chi connectivity index (χ3n) is 3.84. The van der Waals surface area contributed by atoms with E-state index in [1.807, 2.05) is 0 Å². The molecule has 3 rings (SSSR count). The van der Waals surface area contributed by atoms with Gasteiger partial charge < -0.3 is 4.90 Å². The number of carbonyl (C=O) groups excluding carboxylic acids is 1. The third-order valence-corrected chi connectivity index (χ3v) is 4.07. The molecule has 1 amide bonds. The van der Waals surface area contributed by atoms with Crippen LogP contribution in [0.4, 0.5) is 8.78 Å². The summed E-state index contributed by atoms with van der Waals surface area (Å²) in [5, 5.41) is 0.524. The van der Waals surface area contributed by atoms with E-state index in [2.05, 4.69) is 0 Å². The highest BCUT2D eigenvalue weighted by Crippen LogP contribution is 2.24. The van der Waals surface area contributed by atoms with Crippen molar-refractivity contribution in [2.45, 2.75) is 6.42 Å². The average molecular weight is 322 g/mol. The summed E-state index contributed by atoms with van der Waals surface area (Å²) < 4.78 is 26.5. The Bertz CT molecular complexity index is 714. The molecule has 0 unspecified atom stereocenters. The normalized spacial score (nSPS) is 14.8. The van der Waals surface area contributed by atoms with Crippen molar-refractivity contribution < 1.29 is 13.6 Å². The van der Waals surface area contributed by atoms with Gasteiger partial charge in [0.15, 0.2) is 0 Å². The number of amides is 1. The van der Waals surface area contributed by atoms with Gasteiger partial charge >= 0.3 is 0 Å². The lowest BCUT2D eigenvalue weighted by atomic mass is 9.91. The van der Waals surface area contributed by atoms with Crippen LogP contribution >= 0.6 is 11.6 Å². The molecule has 2 aromatic rings. The lowest BCUT2D eigenvalue weighted by molar-refractivity contribution is 0.0500. The lowest BCUT2D eigenvalue weighted by Gasteiger charge is -2.39. The molecule has 0 N–H and O–H groups in total. The van der Waals surface area contributed by atoms with Gasteiger partial charge in [-0.3, -0.25) is 4.79 Å². The van der Waals surface area contributed by atoms with Gasteiger partial charge in [-0.05, 0) is 42.2 Å². The zero-order valence-corrected chi connectivity index (χ0v) is 12.5. The average Bonchev–Trinajstić information content (AvgIpc) is 2.43. The second-order valence-corrected chi connectivity index (χ2v) is 5.96. The smallest absolute Gasteiger partial charge is 0.253 e. The summed E-state index contributed by atoms with van der Waals surface area (Å²) in [7, 11) is 0. The van der Waals surface area contributed by atoms with Gasteiger partial charge in [0.2, 0.25) is 0 Å². The van der Waals surface area contributed by atoms with E-state index >= 15 is 0 Å². The van der Waals surface area contributed by atoms with Crippen molar-refractivity contribution in [3.63, 3.8) is 0 Å². The SMILES string of the molecule is O=C(c1cccc(Cl)c1)N1CC(Cc2ccc(F)cc2F)C1. The molecule has 1 aliphatic rings. The maximum Gasteiger partial charge on any atom is 0.253 e. The second-order valence-electron chi connectivity index (χ2n) is 5.53. The molecular weight excluding hydrogens is 308 g/mol. The minimum Gasteiger partial charge on any atom is -0.338 e. The number of carbonyl (C=O) groups is 1. The first-order valence-electron chi connectivity index (χ1n) is 7.01. The van der Waals surface area contributed by atoms with Crippen molar-refractivity contribution in [2.24, 2.45) is 5.92 Å². The van der Waals surface area contributed by atoms with Gasteiger partial charge in [-0.1, -0.05) is 23.7 Å². The first kappa shape index (κ1) is 15.0. The summed E-state index contributed by atoms with van der Waals surface area (Å²) in [6.45, 7) is 1.14. The summed E-state index contributed by atoms with van der Waals surface area (Å²) >= 11 is 5.88. The van der Waals surface area contributed by atoms with E-state index in [1.54, 1.807) is 29.2 Å². The van der Waals surface area contributed by atoms with Gasteiger partial charge in [-0.25, -0.2) is 8.78 Å². The summed E-state index contributed by atoms with van der Waals surface area (Å²) in [5.74, 6) is -0.978. The largest absolute Gasteiger partial charge is 0.338 e. The summed E-state index contributed by atoms with van der Waals surface area (Å²) in [6.07, 6.45) is 0.505. The topological polar surface area (TPSA) is 20.3 Å². The zero-order chi connectivity index (χ0) is 15.7.